The average Bonchev–Trinajstić information content (AvgIpc) is 2.35. The summed E-state index contributed by atoms with van der Waals surface area (Å²) in [6.07, 6.45) is -0.122. The van der Waals surface area contributed by atoms with Crippen molar-refractivity contribution < 1.29 is 39.6 Å². The van der Waals surface area contributed by atoms with Crippen LogP contribution in [0.5, 0.6) is 0 Å². The van der Waals surface area contributed by atoms with E-state index in [-0.39, 0.29) is 38.1 Å². The van der Waals surface area contributed by atoms with Crippen molar-refractivity contribution in [1.29, 1.82) is 0 Å². The largest absolute Gasteiger partial charge is 0.355 e. The standard InChI is InChI=1S/C6H18N3O9P5/c7-1-4-21(10)13-19(14-21)17-23(12,6-3-9)18-20-15-22(11,16-20)5-2-8/h1-9H2. The van der Waals surface area contributed by atoms with Crippen molar-refractivity contribution in [3.63, 3.8) is 0 Å². The van der Waals surface area contributed by atoms with Gasteiger partial charge in [0.05, 0.1) is 18.5 Å². The predicted molar refractivity (Wildman–Crippen MR) is 84.9 cm³/mol. The Balaban J connectivity index is 1.85. The van der Waals surface area contributed by atoms with Gasteiger partial charge in [0.1, 0.15) is 0 Å². The van der Waals surface area contributed by atoms with Crippen molar-refractivity contribution in [2.45, 2.75) is 0 Å². The number of rotatable bonds is 10. The summed E-state index contributed by atoms with van der Waals surface area (Å²) >= 11 is 0. The molecule has 0 radical (unpaired) electrons. The summed E-state index contributed by atoms with van der Waals surface area (Å²) in [6, 6.07) is 0. The first kappa shape index (κ1) is 20.5. The van der Waals surface area contributed by atoms with Crippen LogP contribution < -0.4 is 17.2 Å². The SMILES string of the molecule is NCCP1(=O)OP(OP(=O)(CCN)OP2OP(=O)(CCN)O2)O1. The summed E-state index contributed by atoms with van der Waals surface area (Å²) in [4.78, 5) is 0. The molecule has 136 valence electrons. The Labute approximate surface area is 135 Å². The van der Waals surface area contributed by atoms with Crippen molar-refractivity contribution in [2.24, 2.45) is 17.2 Å². The highest BCUT2D eigenvalue weighted by Crippen LogP contribution is 2.85. The van der Waals surface area contributed by atoms with Crippen LogP contribution in [0.3, 0.4) is 0 Å². The summed E-state index contributed by atoms with van der Waals surface area (Å²) in [5, 5.41) is 0. The second-order valence-corrected chi connectivity index (χ2v) is 14.1. The molecule has 2 aliphatic heterocycles. The summed E-state index contributed by atoms with van der Waals surface area (Å²) in [5.41, 5.74) is 15.9. The van der Waals surface area contributed by atoms with Gasteiger partial charge in [-0.15, -0.1) is 0 Å². The number of hydrogen-bond donors (Lipinski definition) is 3. The first-order valence-corrected chi connectivity index (χ1v) is 13.8. The summed E-state index contributed by atoms with van der Waals surface area (Å²) in [7, 11) is -14.5. The minimum Gasteiger partial charge on any atom is -0.330 e. The lowest BCUT2D eigenvalue weighted by atomic mass is 10.8. The fourth-order valence-electron chi connectivity index (χ4n) is 1.42. The quantitative estimate of drug-likeness (QED) is 0.428. The van der Waals surface area contributed by atoms with Gasteiger partial charge in [-0.05, 0) is 0 Å². The minimum atomic E-state index is -3.78. The van der Waals surface area contributed by atoms with Crippen LogP contribution in [0, 0.1) is 0 Å². The molecule has 2 fully saturated rings. The van der Waals surface area contributed by atoms with Crippen LogP contribution in [-0.2, 0) is 39.6 Å². The summed E-state index contributed by atoms with van der Waals surface area (Å²) in [6.45, 7) is 0.201. The molecule has 23 heavy (non-hydrogen) atoms. The molecule has 0 aliphatic carbocycles. The van der Waals surface area contributed by atoms with Gasteiger partial charge >= 0.3 is 40.0 Å². The smallest absolute Gasteiger partial charge is 0.330 e. The lowest BCUT2D eigenvalue weighted by molar-refractivity contribution is 0.246. The minimum absolute atomic E-state index is 0.0233. The van der Waals surface area contributed by atoms with Gasteiger partial charge in [-0.2, -0.15) is 0 Å². The third-order valence-corrected chi connectivity index (χ3v) is 13.9. The average molecular weight is 431 g/mol. The predicted octanol–water partition coefficient (Wildman–Crippen LogP) is 2.02. The van der Waals surface area contributed by atoms with E-state index in [1.54, 1.807) is 0 Å². The first-order chi connectivity index (χ1) is 10.8. The maximum atomic E-state index is 12.5. The van der Waals surface area contributed by atoms with E-state index in [1.807, 2.05) is 0 Å². The maximum Gasteiger partial charge on any atom is 0.355 e. The molecule has 0 atom stereocenters. The fourth-order valence-corrected chi connectivity index (χ4v) is 11.2. The van der Waals surface area contributed by atoms with Gasteiger partial charge < -0.3 is 17.2 Å². The fraction of sp³-hybridized carbons (Fsp3) is 1.00. The molecule has 0 unspecified atom stereocenters. The van der Waals surface area contributed by atoms with Crippen molar-refractivity contribution >= 4 is 40.0 Å². The Morgan fingerprint density at radius 2 is 1.22 bits per heavy atom. The van der Waals surface area contributed by atoms with Crippen LogP contribution in [0.2, 0.25) is 0 Å². The van der Waals surface area contributed by atoms with E-state index in [9.17, 15) is 13.7 Å². The van der Waals surface area contributed by atoms with Gasteiger partial charge in [0.15, 0.2) is 0 Å². The van der Waals surface area contributed by atoms with E-state index < -0.39 is 40.0 Å². The Morgan fingerprint density at radius 1 is 0.826 bits per heavy atom. The third-order valence-electron chi connectivity index (χ3n) is 2.36. The number of nitrogens with two attached hydrogens (primary N) is 3. The van der Waals surface area contributed by atoms with E-state index in [2.05, 4.69) is 0 Å². The van der Waals surface area contributed by atoms with Gasteiger partial charge in [-0.3, -0.25) is 13.7 Å². The van der Waals surface area contributed by atoms with Crippen LogP contribution in [0.15, 0.2) is 0 Å². The van der Waals surface area contributed by atoms with Crippen LogP contribution in [0.1, 0.15) is 0 Å². The van der Waals surface area contributed by atoms with Crippen LogP contribution in [-0.4, -0.2) is 38.1 Å². The Bertz CT molecular complexity index is 500. The van der Waals surface area contributed by atoms with Crippen molar-refractivity contribution in [3.8, 4) is 0 Å². The van der Waals surface area contributed by atoms with Crippen LogP contribution in [0.25, 0.3) is 0 Å². The van der Waals surface area contributed by atoms with Crippen molar-refractivity contribution in [2.75, 3.05) is 38.1 Å². The number of hydrogen-bond acceptors (Lipinski definition) is 12. The highest BCUT2D eigenvalue weighted by atomic mass is 31.3. The van der Waals surface area contributed by atoms with E-state index in [0.29, 0.717) is 0 Å². The molecule has 2 rings (SSSR count). The molecule has 0 amide bonds. The van der Waals surface area contributed by atoms with E-state index >= 15 is 0 Å². The van der Waals surface area contributed by atoms with Crippen molar-refractivity contribution in [3.05, 3.63) is 0 Å². The van der Waals surface area contributed by atoms with E-state index in [4.69, 9.17) is 43.1 Å². The molecule has 12 nitrogen and oxygen atoms in total. The summed E-state index contributed by atoms with van der Waals surface area (Å²) in [5.74, 6) is 0. The molecule has 2 saturated heterocycles. The second kappa shape index (κ2) is 8.26. The zero-order chi connectivity index (χ0) is 17.1. The van der Waals surface area contributed by atoms with Crippen LogP contribution in [0.4, 0.5) is 0 Å². The molecule has 2 heterocycles. The topological polar surface area (TPSA) is 185 Å². The van der Waals surface area contributed by atoms with Gasteiger partial charge in [0, 0.05) is 19.6 Å². The molecule has 0 aromatic heterocycles. The van der Waals surface area contributed by atoms with E-state index in [1.165, 1.54) is 0 Å². The molecule has 0 aromatic rings. The monoisotopic (exact) mass is 431 g/mol. The molecular formula is C6H18N3O9P5. The van der Waals surface area contributed by atoms with E-state index in [0.717, 1.165) is 0 Å². The normalized spacial score (nSPS) is 39.3. The molecule has 2 aliphatic rings. The summed E-state index contributed by atoms with van der Waals surface area (Å²) < 4.78 is 66.1. The lowest BCUT2D eigenvalue weighted by Gasteiger charge is -2.36. The molecule has 0 spiro atoms. The molecule has 0 bridgehead atoms. The molecular weight excluding hydrogens is 413 g/mol. The second-order valence-electron chi connectivity index (χ2n) is 4.31. The van der Waals surface area contributed by atoms with Crippen molar-refractivity contribution in [1.82, 2.24) is 0 Å². The zero-order valence-corrected chi connectivity index (χ0v) is 16.4. The molecule has 0 saturated carbocycles. The van der Waals surface area contributed by atoms with Crippen LogP contribution >= 0.6 is 40.0 Å². The third kappa shape index (κ3) is 5.58. The highest BCUT2D eigenvalue weighted by Gasteiger charge is 2.52. The molecule has 0 aromatic carbocycles. The van der Waals surface area contributed by atoms with Gasteiger partial charge in [-0.1, -0.05) is 0 Å². The molecule has 6 N–H and O–H groups in total. The Hall–Kier alpha value is 1.19. The highest BCUT2D eigenvalue weighted by molar-refractivity contribution is 7.81. The first-order valence-electron chi connectivity index (χ1n) is 6.41. The zero-order valence-electron chi connectivity index (χ0n) is 11.9. The van der Waals surface area contributed by atoms with Gasteiger partial charge in [0.2, 0.25) is 0 Å². The Morgan fingerprint density at radius 3 is 1.52 bits per heavy atom. The van der Waals surface area contributed by atoms with Gasteiger partial charge in [-0.25, -0.2) is 25.9 Å². The molecule has 17 heteroatoms. The Kier molecular flexibility index (Phi) is 7.36. The van der Waals surface area contributed by atoms with Gasteiger partial charge in [0.25, 0.3) is 0 Å². The maximum absolute atomic E-state index is 12.5. The lowest BCUT2D eigenvalue weighted by Crippen LogP contribution is -2.16.